The van der Waals surface area contributed by atoms with Crippen LogP contribution >= 0.6 is 23.1 Å². The van der Waals surface area contributed by atoms with E-state index in [-0.39, 0.29) is 29.0 Å². The van der Waals surface area contributed by atoms with Gasteiger partial charge in [0.2, 0.25) is 5.91 Å². The molecule has 1 aliphatic heterocycles. The van der Waals surface area contributed by atoms with Crippen LogP contribution in [0.15, 0.2) is 58.4 Å². The largest absolute Gasteiger partial charge is 0.508 e. The Morgan fingerprint density at radius 1 is 1.09 bits per heavy atom. The fourth-order valence-electron chi connectivity index (χ4n) is 6.33. The minimum atomic E-state index is -0.235. The molecule has 1 amide bonds. The summed E-state index contributed by atoms with van der Waals surface area (Å²) in [5, 5.41) is 13.8. The summed E-state index contributed by atoms with van der Waals surface area (Å²) in [6, 6.07) is 15.2. The molecule has 2 N–H and O–H groups in total. The predicted octanol–water partition coefficient (Wildman–Crippen LogP) is 4.97. The highest BCUT2D eigenvalue weighted by Crippen LogP contribution is 2.64. The summed E-state index contributed by atoms with van der Waals surface area (Å²) in [5.41, 5.74) is 3.05. The SMILES string of the molecule is CN(C)c1ccc([C@@H]2c3sc(=O)n(CC(=O)Nc4ccc(O)cc4)c3S[C@@H]3[C@H]4CC[C@@H](C4)[C@@H]23)cc1. The van der Waals surface area contributed by atoms with Crippen molar-refractivity contribution in [3.8, 4) is 5.75 Å². The van der Waals surface area contributed by atoms with E-state index in [9.17, 15) is 14.7 Å². The van der Waals surface area contributed by atoms with Crippen molar-refractivity contribution in [2.75, 3.05) is 24.3 Å². The maximum Gasteiger partial charge on any atom is 0.308 e. The van der Waals surface area contributed by atoms with Crippen molar-refractivity contribution in [2.45, 2.75) is 42.0 Å². The van der Waals surface area contributed by atoms with Crippen LogP contribution in [-0.2, 0) is 11.3 Å². The molecule has 3 aliphatic rings. The Balaban J connectivity index is 1.35. The van der Waals surface area contributed by atoms with Gasteiger partial charge in [-0.3, -0.25) is 14.2 Å². The third kappa shape index (κ3) is 3.96. The number of fused-ring (bicyclic) bond motifs is 6. The van der Waals surface area contributed by atoms with E-state index in [0.717, 1.165) is 9.90 Å². The molecule has 2 saturated carbocycles. The molecule has 2 aliphatic carbocycles. The number of nitrogens with one attached hydrogen (secondary N) is 1. The zero-order chi connectivity index (χ0) is 24.3. The third-order valence-corrected chi connectivity index (χ3v) is 10.7. The smallest absolute Gasteiger partial charge is 0.308 e. The van der Waals surface area contributed by atoms with Gasteiger partial charge in [-0.2, -0.15) is 0 Å². The van der Waals surface area contributed by atoms with Crippen LogP contribution < -0.4 is 15.1 Å². The molecular formula is C27H29N3O3S2. The van der Waals surface area contributed by atoms with Crippen LogP contribution in [0.4, 0.5) is 11.4 Å². The molecule has 2 bridgehead atoms. The van der Waals surface area contributed by atoms with Crippen LogP contribution in [0.25, 0.3) is 0 Å². The highest BCUT2D eigenvalue weighted by Gasteiger charge is 2.55. The number of hydrogen-bond acceptors (Lipinski definition) is 6. The number of nitrogens with zero attached hydrogens (tertiary/aromatic N) is 2. The molecule has 2 heterocycles. The average Bonchev–Trinajstić information content (AvgIpc) is 3.54. The lowest BCUT2D eigenvalue weighted by molar-refractivity contribution is -0.116. The first-order valence-electron chi connectivity index (χ1n) is 12.2. The van der Waals surface area contributed by atoms with Crippen molar-refractivity contribution in [1.82, 2.24) is 4.57 Å². The summed E-state index contributed by atoms with van der Waals surface area (Å²) >= 11 is 3.17. The number of carbonyl (C=O) groups excluding carboxylic acids is 1. The maximum absolute atomic E-state index is 13.2. The summed E-state index contributed by atoms with van der Waals surface area (Å²) in [6.45, 7) is -0.00366. The molecule has 5 atom stereocenters. The van der Waals surface area contributed by atoms with E-state index in [2.05, 4.69) is 34.5 Å². The van der Waals surface area contributed by atoms with Gasteiger partial charge in [0.1, 0.15) is 12.3 Å². The topological polar surface area (TPSA) is 74.6 Å². The molecule has 3 aromatic rings. The standard InChI is InChI=1S/C27H29N3O3S2/c1-29(2)19-9-5-15(6-10-19)22-23-16-3-4-17(13-16)24(23)34-26-25(22)35-27(33)30(26)14-21(32)28-18-7-11-20(31)12-8-18/h5-12,16-17,22-24,31H,3-4,13-14H2,1-2H3,(H,28,32)/t16-,17-,22-,23-,24+/m0/s1. The van der Waals surface area contributed by atoms with Crippen LogP contribution in [0.1, 0.15) is 35.6 Å². The number of thiazole rings is 1. The molecule has 0 radical (unpaired) electrons. The van der Waals surface area contributed by atoms with Gasteiger partial charge >= 0.3 is 4.87 Å². The van der Waals surface area contributed by atoms with E-state index in [0.29, 0.717) is 28.7 Å². The normalized spacial score (nSPS) is 26.3. The molecule has 2 fully saturated rings. The Hall–Kier alpha value is -2.71. The summed E-state index contributed by atoms with van der Waals surface area (Å²) in [7, 11) is 4.09. The third-order valence-electron chi connectivity index (χ3n) is 7.91. The highest BCUT2D eigenvalue weighted by atomic mass is 32.2. The molecule has 35 heavy (non-hydrogen) atoms. The lowest BCUT2D eigenvalue weighted by Crippen LogP contribution is -2.34. The Morgan fingerprint density at radius 2 is 1.80 bits per heavy atom. The molecule has 1 aromatic heterocycles. The molecule has 6 nitrogen and oxygen atoms in total. The van der Waals surface area contributed by atoms with Crippen molar-refractivity contribution in [3.05, 3.63) is 68.6 Å². The Kier molecular flexibility index (Phi) is 5.68. The lowest BCUT2D eigenvalue weighted by atomic mass is 9.75. The van der Waals surface area contributed by atoms with E-state index in [1.54, 1.807) is 16.7 Å². The maximum atomic E-state index is 13.2. The van der Waals surface area contributed by atoms with Crippen molar-refractivity contribution < 1.29 is 9.90 Å². The fourth-order valence-corrected chi connectivity index (χ4v) is 9.48. The summed E-state index contributed by atoms with van der Waals surface area (Å²) in [5.74, 6) is 2.08. The van der Waals surface area contributed by atoms with Gasteiger partial charge in [0.25, 0.3) is 0 Å². The molecule has 0 saturated heterocycles. The minimum Gasteiger partial charge on any atom is -0.508 e. The number of hydrogen-bond donors (Lipinski definition) is 2. The first-order valence-corrected chi connectivity index (χ1v) is 13.8. The van der Waals surface area contributed by atoms with Crippen LogP contribution in [-0.4, -0.2) is 34.9 Å². The van der Waals surface area contributed by atoms with E-state index in [1.807, 2.05) is 25.9 Å². The number of phenols is 1. The van der Waals surface area contributed by atoms with Crippen molar-refractivity contribution >= 4 is 40.4 Å². The van der Waals surface area contributed by atoms with Gasteiger partial charge in [-0.25, -0.2) is 0 Å². The van der Waals surface area contributed by atoms with Gasteiger partial charge in [-0.1, -0.05) is 23.5 Å². The van der Waals surface area contributed by atoms with Crippen molar-refractivity contribution in [3.63, 3.8) is 0 Å². The minimum absolute atomic E-state index is 0.00366. The summed E-state index contributed by atoms with van der Waals surface area (Å²) in [4.78, 5) is 29.2. The zero-order valence-corrected chi connectivity index (χ0v) is 21.4. The Morgan fingerprint density at radius 3 is 2.51 bits per heavy atom. The van der Waals surface area contributed by atoms with E-state index < -0.39 is 0 Å². The van der Waals surface area contributed by atoms with Crippen LogP contribution in [0, 0.1) is 17.8 Å². The second-order valence-electron chi connectivity index (χ2n) is 10.2. The van der Waals surface area contributed by atoms with Gasteiger partial charge in [0, 0.05) is 41.5 Å². The molecule has 8 heteroatoms. The fraction of sp³-hybridized carbons (Fsp3) is 0.407. The molecule has 182 valence electrons. The molecule has 0 unspecified atom stereocenters. The number of aromatic nitrogens is 1. The Labute approximate surface area is 213 Å². The van der Waals surface area contributed by atoms with Gasteiger partial charge in [-0.05, 0) is 79.0 Å². The molecule has 2 aromatic carbocycles. The second kappa shape index (κ2) is 8.75. The number of amides is 1. The number of phenolic OH excluding ortho intramolecular Hbond substituents is 1. The Bertz CT molecular complexity index is 1310. The van der Waals surface area contributed by atoms with E-state index in [4.69, 9.17) is 0 Å². The molecular weight excluding hydrogens is 478 g/mol. The number of carbonyl (C=O) groups is 1. The first kappa shape index (κ1) is 22.7. The van der Waals surface area contributed by atoms with E-state index >= 15 is 0 Å². The van der Waals surface area contributed by atoms with Gasteiger partial charge < -0.3 is 15.3 Å². The highest BCUT2D eigenvalue weighted by molar-refractivity contribution is 8.00. The predicted molar refractivity (Wildman–Crippen MR) is 142 cm³/mol. The zero-order valence-electron chi connectivity index (χ0n) is 19.8. The molecule has 6 rings (SSSR count). The van der Waals surface area contributed by atoms with Crippen LogP contribution in [0.2, 0.25) is 0 Å². The van der Waals surface area contributed by atoms with Gasteiger partial charge in [0.05, 0.1) is 5.03 Å². The second-order valence-corrected chi connectivity index (χ2v) is 12.3. The van der Waals surface area contributed by atoms with Gasteiger partial charge in [0.15, 0.2) is 0 Å². The number of benzene rings is 2. The number of aromatic hydroxyl groups is 1. The van der Waals surface area contributed by atoms with E-state index in [1.165, 1.54) is 54.0 Å². The van der Waals surface area contributed by atoms with Crippen LogP contribution in [0.3, 0.4) is 0 Å². The summed E-state index contributed by atoms with van der Waals surface area (Å²) in [6.07, 6.45) is 3.85. The number of thioether (sulfide) groups is 1. The van der Waals surface area contributed by atoms with Gasteiger partial charge in [-0.15, -0.1) is 11.8 Å². The van der Waals surface area contributed by atoms with Crippen molar-refractivity contribution in [1.29, 1.82) is 0 Å². The molecule has 0 spiro atoms. The van der Waals surface area contributed by atoms with Crippen molar-refractivity contribution in [2.24, 2.45) is 17.8 Å². The monoisotopic (exact) mass is 507 g/mol. The number of anilines is 2. The average molecular weight is 508 g/mol. The number of rotatable bonds is 5. The summed E-state index contributed by atoms with van der Waals surface area (Å²) < 4.78 is 1.68. The quantitative estimate of drug-likeness (QED) is 0.477. The van der Waals surface area contributed by atoms with Crippen LogP contribution in [0.5, 0.6) is 5.75 Å². The lowest BCUT2D eigenvalue weighted by Gasteiger charge is -2.40. The first-order chi connectivity index (χ1) is 16.9.